The summed E-state index contributed by atoms with van der Waals surface area (Å²) >= 11 is 0. The molecule has 0 bridgehead atoms. The number of aliphatic hydroxyl groups excluding tert-OH is 1. The third kappa shape index (κ3) is 5.11. The van der Waals surface area contributed by atoms with Gasteiger partial charge in [-0.1, -0.05) is 42.5 Å². The summed E-state index contributed by atoms with van der Waals surface area (Å²) in [5, 5.41) is 17.4. The van der Waals surface area contributed by atoms with Crippen LogP contribution in [0.25, 0.3) is 10.9 Å². The molecule has 1 heterocycles. The van der Waals surface area contributed by atoms with E-state index in [1.54, 1.807) is 0 Å². The maximum atomic E-state index is 9.44. The number of hydrogen-bond acceptors (Lipinski definition) is 2. The molecule has 0 aliphatic rings. The van der Waals surface area contributed by atoms with Crippen LogP contribution in [0.4, 0.5) is 0 Å². The first-order valence-corrected chi connectivity index (χ1v) is 9.55. The number of aryl methyl sites for hydroxylation is 1. The summed E-state index contributed by atoms with van der Waals surface area (Å²) in [6.07, 6.45) is 3.16. The smallest absolute Gasteiger partial charge is 0.191 e. The topological polar surface area (TPSA) is 61.6 Å². The average molecular weight is 364 g/mol. The second-order valence-corrected chi connectivity index (χ2v) is 6.47. The zero-order valence-electron chi connectivity index (χ0n) is 15.9. The Bertz CT molecular complexity index is 885. The highest BCUT2D eigenvalue weighted by atomic mass is 16.3. The van der Waals surface area contributed by atoms with Crippen molar-refractivity contribution in [1.82, 2.24) is 15.2 Å². The van der Waals surface area contributed by atoms with Crippen molar-refractivity contribution in [1.29, 1.82) is 0 Å². The second-order valence-electron chi connectivity index (χ2n) is 6.47. The van der Waals surface area contributed by atoms with Gasteiger partial charge >= 0.3 is 0 Å². The predicted molar refractivity (Wildman–Crippen MR) is 112 cm³/mol. The Hall–Kier alpha value is -2.79. The quantitative estimate of drug-likeness (QED) is 0.327. The summed E-state index contributed by atoms with van der Waals surface area (Å²) < 4.78 is 2.29. The van der Waals surface area contributed by atoms with Crippen molar-refractivity contribution in [2.75, 3.05) is 13.1 Å². The number of aliphatic imine (C=N–C) groups is 1. The van der Waals surface area contributed by atoms with E-state index >= 15 is 0 Å². The van der Waals surface area contributed by atoms with Crippen molar-refractivity contribution in [3.05, 3.63) is 71.9 Å². The summed E-state index contributed by atoms with van der Waals surface area (Å²) in [4.78, 5) is 4.65. The first kappa shape index (κ1) is 19.0. The molecule has 2 aromatic carbocycles. The molecule has 3 rings (SSSR count). The fourth-order valence-corrected chi connectivity index (χ4v) is 3.16. The molecule has 0 aliphatic heterocycles. The summed E-state index contributed by atoms with van der Waals surface area (Å²) in [6, 6.07) is 18.5. The van der Waals surface area contributed by atoms with Crippen LogP contribution < -0.4 is 10.6 Å². The van der Waals surface area contributed by atoms with Gasteiger partial charge in [0.05, 0.1) is 13.2 Å². The van der Waals surface area contributed by atoms with Crippen LogP contribution in [0, 0.1) is 0 Å². The molecule has 5 heteroatoms. The van der Waals surface area contributed by atoms with Crippen molar-refractivity contribution in [2.24, 2.45) is 4.99 Å². The van der Waals surface area contributed by atoms with Crippen LogP contribution >= 0.6 is 0 Å². The van der Waals surface area contributed by atoms with Gasteiger partial charge in [-0.2, -0.15) is 0 Å². The van der Waals surface area contributed by atoms with Crippen LogP contribution in [-0.4, -0.2) is 28.7 Å². The van der Waals surface area contributed by atoms with Gasteiger partial charge in [0.2, 0.25) is 0 Å². The van der Waals surface area contributed by atoms with Crippen molar-refractivity contribution < 1.29 is 5.11 Å². The number of fused-ring (bicyclic) bond motifs is 1. The lowest BCUT2D eigenvalue weighted by atomic mass is 10.1. The Labute approximate surface area is 160 Å². The van der Waals surface area contributed by atoms with Crippen molar-refractivity contribution in [2.45, 2.75) is 33.0 Å². The summed E-state index contributed by atoms with van der Waals surface area (Å²) in [5.74, 6) is 0.808. The molecular weight excluding hydrogens is 336 g/mol. The van der Waals surface area contributed by atoms with Crippen molar-refractivity contribution in [3.8, 4) is 0 Å². The van der Waals surface area contributed by atoms with E-state index in [9.17, 15) is 5.11 Å². The minimum atomic E-state index is 0.0422. The minimum absolute atomic E-state index is 0.0422. The van der Waals surface area contributed by atoms with Gasteiger partial charge in [0.1, 0.15) is 0 Å². The third-order valence-electron chi connectivity index (χ3n) is 4.59. The lowest BCUT2D eigenvalue weighted by molar-refractivity contribution is 0.280. The van der Waals surface area contributed by atoms with Gasteiger partial charge in [-0.25, -0.2) is 4.99 Å². The van der Waals surface area contributed by atoms with Crippen LogP contribution in [0.3, 0.4) is 0 Å². The Kier molecular flexibility index (Phi) is 6.88. The average Bonchev–Trinajstić information content (AvgIpc) is 3.12. The maximum Gasteiger partial charge on any atom is 0.191 e. The van der Waals surface area contributed by atoms with E-state index < -0.39 is 0 Å². The second kappa shape index (κ2) is 9.78. The van der Waals surface area contributed by atoms with Crippen LogP contribution in [0.1, 0.15) is 24.5 Å². The first-order chi connectivity index (χ1) is 13.3. The monoisotopic (exact) mass is 364 g/mol. The molecule has 1 aromatic heterocycles. The maximum absolute atomic E-state index is 9.44. The van der Waals surface area contributed by atoms with E-state index in [-0.39, 0.29) is 6.61 Å². The van der Waals surface area contributed by atoms with Gasteiger partial charge in [0.15, 0.2) is 5.96 Å². The van der Waals surface area contributed by atoms with Crippen LogP contribution in [-0.2, 0) is 19.7 Å². The fraction of sp³-hybridized carbons (Fsp3) is 0.318. The largest absolute Gasteiger partial charge is 0.392 e. The molecule has 0 unspecified atom stereocenters. The minimum Gasteiger partial charge on any atom is -0.392 e. The number of hydrogen-bond donors (Lipinski definition) is 3. The van der Waals surface area contributed by atoms with Gasteiger partial charge in [0, 0.05) is 31.3 Å². The molecule has 0 amide bonds. The van der Waals surface area contributed by atoms with E-state index in [0.717, 1.165) is 43.1 Å². The van der Waals surface area contributed by atoms with E-state index in [1.807, 2.05) is 24.3 Å². The fourth-order valence-electron chi connectivity index (χ4n) is 3.16. The van der Waals surface area contributed by atoms with E-state index in [1.165, 1.54) is 10.9 Å². The molecule has 0 spiro atoms. The van der Waals surface area contributed by atoms with Crippen molar-refractivity contribution in [3.63, 3.8) is 0 Å². The number of nitrogens with zero attached hydrogens (tertiary/aromatic N) is 2. The highest BCUT2D eigenvalue weighted by molar-refractivity contribution is 5.80. The zero-order valence-corrected chi connectivity index (χ0v) is 15.9. The van der Waals surface area contributed by atoms with Gasteiger partial charge in [-0.15, -0.1) is 0 Å². The van der Waals surface area contributed by atoms with Gasteiger partial charge < -0.3 is 20.3 Å². The third-order valence-corrected chi connectivity index (χ3v) is 4.59. The number of para-hydroxylation sites is 1. The Morgan fingerprint density at radius 1 is 1.00 bits per heavy atom. The number of aliphatic hydroxyl groups is 1. The molecule has 0 saturated carbocycles. The molecule has 0 fully saturated rings. The molecule has 3 aromatic rings. The number of guanidine groups is 1. The van der Waals surface area contributed by atoms with Crippen LogP contribution in [0.2, 0.25) is 0 Å². The number of rotatable bonds is 8. The zero-order chi connectivity index (χ0) is 18.9. The molecule has 5 nitrogen and oxygen atoms in total. The molecule has 0 radical (unpaired) electrons. The number of aromatic nitrogens is 1. The molecule has 0 aliphatic carbocycles. The molecule has 0 atom stereocenters. The van der Waals surface area contributed by atoms with Gasteiger partial charge in [0.25, 0.3) is 0 Å². The Morgan fingerprint density at radius 2 is 1.78 bits per heavy atom. The molecular formula is C22H28N4O. The highest BCUT2D eigenvalue weighted by Crippen LogP contribution is 2.15. The lowest BCUT2D eigenvalue weighted by Crippen LogP contribution is -2.38. The lowest BCUT2D eigenvalue weighted by Gasteiger charge is -2.12. The van der Waals surface area contributed by atoms with Crippen molar-refractivity contribution >= 4 is 16.9 Å². The summed E-state index contributed by atoms with van der Waals surface area (Å²) in [6.45, 7) is 5.28. The molecule has 0 saturated heterocycles. The first-order valence-electron chi connectivity index (χ1n) is 9.55. The Balaban J connectivity index is 1.53. The standard InChI is InChI=1S/C22H28N4O/c1-2-23-22(25-16-19-9-3-4-10-20(19)17-27)24-13-7-14-26-15-12-18-8-5-6-11-21(18)26/h3-6,8-12,15,27H,2,7,13-14,16-17H2,1H3,(H2,23,24,25). The van der Waals surface area contributed by atoms with E-state index in [4.69, 9.17) is 0 Å². The van der Waals surface area contributed by atoms with Crippen LogP contribution in [0.5, 0.6) is 0 Å². The normalized spacial score (nSPS) is 11.7. The summed E-state index contributed by atoms with van der Waals surface area (Å²) in [5.41, 5.74) is 3.26. The molecule has 142 valence electrons. The van der Waals surface area contributed by atoms with Gasteiger partial charge in [-0.3, -0.25) is 0 Å². The molecule has 3 N–H and O–H groups in total. The SMILES string of the molecule is CCNC(=NCc1ccccc1CO)NCCCn1ccc2ccccc21. The molecule has 27 heavy (non-hydrogen) atoms. The Morgan fingerprint density at radius 3 is 2.59 bits per heavy atom. The van der Waals surface area contributed by atoms with Crippen LogP contribution in [0.15, 0.2) is 65.8 Å². The number of nitrogens with one attached hydrogen (secondary N) is 2. The summed E-state index contributed by atoms with van der Waals surface area (Å²) in [7, 11) is 0. The predicted octanol–water partition coefficient (Wildman–Crippen LogP) is 3.28. The van der Waals surface area contributed by atoms with E-state index in [2.05, 4.69) is 63.6 Å². The number of benzene rings is 2. The van der Waals surface area contributed by atoms with E-state index in [0.29, 0.717) is 6.54 Å². The highest BCUT2D eigenvalue weighted by Gasteiger charge is 2.03. The van der Waals surface area contributed by atoms with Gasteiger partial charge in [-0.05, 0) is 42.0 Å².